The molecular weight excluding hydrogens is 240 g/mol. The largest absolute Gasteiger partial charge is 0.409 e. The fraction of sp³-hybridized carbons (Fsp3) is 0.667. The van der Waals surface area contributed by atoms with Gasteiger partial charge in [-0.1, -0.05) is 5.16 Å². The zero-order chi connectivity index (χ0) is 13.0. The van der Waals surface area contributed by atoms with Gasteiger partial charge in [-0.3, -0.25) is 4.90 Å². The first-order valence-corrected chi connectivity index (χ1v) is 5.65. The maximum atomic E-state index is 9.07. The Bertz CT molecular complexity index is 412. The Labute approximate surface area is 103 Å². The number of piperazine rings is 1. The monoisotopic (exact) mass is 256 g/mol. The molecule has 1 fully saturated rings. The first kappa shape index (κ1) is 12.6. The van der Waals surface area contributed by atoms with Crippen molar-refractivity contribution in [2.24, 2.45) is 5.16 Å². The molecule has 1 aliphatic rings. The molecule has 9 heteroatoms. The number of oxime groups is 1. The molecule has 0 aromatic carbocycles. The van der Waals surface area contributed by atoms with E-state index in [1.54, 1.807) is 0 Å². The lowest BCUT2D eigenvalue weighted by atomic mass is 10.2. The van der Waals surface area contributed by atoms with Gasteiger partial charge in [-0.2, -0.15) is 0 Å². The topological polar surface area (TPSA) is 124 Å². The molecule has 1 aromatic rings. The standard InChI is InChI=1S/C9H16N6O3/c10-8-7(12-18-13-8)9(11-17)15-3-1-14(2-4-15)5-6-16/h16-17H,1-6H2,(H2,10,13)/b11-9+. The fourth-order valence-electron chi connectivity index (χ4n) is 1.94. The van der Waals surface area contributed by atoms with Gasteiger partial charge in [0.1, 0.15) is 0 Å². The number of anilines is 1. The molecule has 100 valence electrons. The molecule has 0 radical (unpaired) electrons. The van der Waals surface area contributed by atoms with Crippen molar-refractivity contribution >= 4 is 11.7 Å². The lowest BCUT2D eigenvalue weighted by Crippen LogP contribution is -2.49. The Kier molecular flexibility index (Phi) is 3.95. The molecule has 0 saturated carbocycles. The maximum Gasteiger partial charge on any atom is 0.201 e. The third kappa shape index (κ3) is 2.51. The minimum absolute atomic E-state index is 0.0978. The molecule has 0 atom stereocenters. The van der Waals surface area contributed by atoms with Gasteiger partial charge in [0.2, 0.25) is 5.84 Å². The summed E-state index contributed by atoms with van der Waals surface area (Å²) in [5, 5.41) is 28.2. The number of aromatic nitrogens is 2. The van der Waals surface area contributed by atoms with E-state index in [-0.39, 0.29) is 24.0 Å². The molecule has 4 N–H and O–H groups in total. The zero-order valence-corrected chi connectivity index (χ0v) is 9.86. The van der Waals surface area contributed by atoms with Crippen LogP contribution >= 0.6 is 0 Å². The van der Waals surface area contributed by atoms with Crippen LogP contribution in [0, 0.1) is 0 Å². The van der Waals surface area contributed by atoms with Gasteiger partial charge >= 0.3 is 0 Å². The minimum atomic E-state index is 0.0978. The highest BCUT2D eigenvalue weighted by Crippen LogP contribution is 2.12. The van der Waals surface area contributed by atoms with Gasteiger partial charge in [-0.25, -0.2) is 4.63 Å². The van der Waals surface area contributed by atoms with Crippen molar-refractivity contribution in [2.75, 3.05) is 45.1 Å². The molecule has 2 heterocycles. The second kappa shape index (κ2) is 5.65. The molecule has 0 amide bonds. The third-order valence-corrected chi connectivity index (χ3v) is 2.91. The van der Waals surface area contributed by atoms with Crippen LogP contribution in [0.1, 0.15) is 5.69 Å². The van der Waals surface area contributed by atoms with Crippen molar-refractivity contribution in [3.63, 3.8) is 0 Å². The van der Waals surface area contributed by atoms with Crippen molar-refractivity contribution in [2.45, 2.75) is 0 Å². The average molecular weight is 256 g/mol. The van der Waals surface area contributed by atoms with Gasteiger partial charge in [0.25, 0.3) is 0 Å². The highest BCUT2D eigenvalue weighted by molar-refractivity contribution is 6.00. The van der Waals surface area contributed by atoms with Crippen molar-refractivity contribution in [1.29, 1.82) is 0 Å². The third-order valence-electron chi connectivity index (χ3n) is 2.91. The molecule has 0 spiro atoms. The molecule has 18 heavy (non-hydrogen) atoms. The number of nitrogens with zero attached hydrogens (tertiary/aromatic N) is 5. The normalized spacial score (nSPS) is 18.3. The van der Waals surface area contributed by atoms with Crippen molar-refractivity contribution in [3.05, 3.63) is 5.69 Å². The van der Waals surface area contributed by atoms with Gasteiger partial charge in [-0.05, 0) is 10.3 Å². The molecule has 1 saturated heterocycles. The van der Waals surface area contributed by atoms with Crippen LogP contribution in [0.2, 0.25) is 0 Å². The number of amidine groups is 1. The van der Waals surface area contributed by atoms with Gasteiger partial charge in [0, 0.05) is 32.7 Å². The number of nitrogens with two attached hydrogens (primary N) is 1. The van der Waals surface area contributed by atoms with Crippen LogP contribution < -0.4 is 5.73 Å². The predicted molar refractivity (Wildman–Crippen MR) is 62.1 cm³/mol. The lowest BCUT2D eigenvalue weighted by molar-refractivity contribution is 0.144. The Morgan fingerprint density at radius 2 is 2.06 bits per heavy atom. The van der Waals surface area contributed by atoms with E-state index in [2.05, 4.69) is 25.0 Å². The van der Waals surface area contributed by atoms with Gasteiger partial charge < -0.3 is 20.9 Å². The summed E-state index contributed by atoms with van der Waals surface area (Å²) in [5.74, 6) is 0.359. The molecule has 0 bridgehead atoms. The molecule has 9 nitrogen and oxygen atoms in total. The van der Waals surface area contributed by atoms with Crippen LogP contribution in [0.4, 0.5) is 5.82 Å². The highest BCUT2D eigenvalue weighted by Gasteiger charge is 2.25. The second-order valence-electron chi connectivity index (χ2n) is 3.97. The predicted octanol–water partition coefficient (Wildman–Crippen LogP) is -1.60. The molecule has 0 aliphatic carbocycles. The van der Waals surface area contributed by atoms with E-state index in [1.165, 1.54) is 0 Å². The summed E-state index contributed by atoms with van der Waals surface area (Å²) in [6, 6.07) is 0. The van der Waals surface area contributed by atoms with Crippen LogP contribution in [0.5, 0.6) is 0 Å². The summed E-state index contributed by atoms with van der Waals surface area (Å²) < 4.78 is 4.49. The van der Waals surface area contributed by atoms with E-state index < -0.39 is 0 Å². The molecule has 1 aliphatic heterocycles. The van der Waals surface area contributed by atoms with Crippen LogP contribution in [0.15, 0.2) is 9.78 Å². The summed E-state index contributed by atoms with van der Waals surface area (Å²) in [7, 11) is 0. The van der Waals surface area contributed by atoms with Crippen LogP contribution in [-0.4, -0.2) is 75.6 Å². The van der Waals surface area contributed by atoms with Crippen LogP contribution in [0.3, 0.4) is 0 Å². The number of aliphatic hydroxyl groups is 1. The van der Waals surface area contributed by atoms with Gasteiger partial charge in [0.15, 0.2) is 11.5 Å². The van der Waals surface area contributed by atoms with Crippen LogP contribution in [-0.2, 0) is 0 Å². The number of β-amino-alcohol motifs (C(OH)–C–C–N with tert-alkyl or cyclic N) is 1. The van der Waals surface area contributed by atoms with E-state index in [9.17, 15) is 0 Å². The lowest BCUT2D eigenvalue weighted by Gasteiger charge is -2.35. The van der Waals surface area contributed by atoms with E-state index in [0.717, 1.165) is 13.1 Å². The summed E-state index contributed by atoms with van der Waals surface area (Å²) >= 11 is 0. The van der Waals surface area contributed by atoms with Gasteiger partial charge in [-0.15, -0.1) is 0 Å². The Balaban J connectivity index is 2.02. The number of hydrogen-bond acceptors (Lipinski definition) is 8. The van der Waals surface area contributed by atoms with E-state index in [4.69, 9.17) is 16.0 Å². The molecule has 0 unspecified atom stereocenters. The number of hydrogen-bond donors (Lipinski definition) is 3. The van der Waals surface area contributed by atoms with E-state index >= 15 is 0 Å². The van der Waals surface area contributed by atoms with Crippen molar-refractivity contribution in [3.8, 4) is 0 Å². The summed E-state index contributed by atoms with van der Waals surface area (Å²) in [6.45, 7) is 3.64. The molecular formula is C9H16N6O3. The first-order valence-electron chi connectivity index (χ1n) is 5.65. The van der Waals surface area contributed by atoms with Gasteiger partial charge in [0.05, 0.1) is 6.61 Å². The van der Waals surface area contributed by atoms with E-state index in [0.29, 0.717) is 19.6 Å². The number of nitrogen functional groups attached to an aromatic ring is 1. The molecule has 2 rings (SSSR count). The summed E-state index contributed by atoms with van der Waals surface area (Å²) in [4.78, 5) is 3.97. The molecule has 1 aromatic heterocycles. The average Bonchev–Trinajstić information content (AvgIpc) is 2.79. The Morgan fingerprint density at radius 1 is 1.33 bits per heavy atom. The van der Waals surface area contributed by atoms with E-state index in [1.807, 2.05) is 4.90 Å². The second-order valence-corrected chi connectivity index (χ2v) is 3.97. The zero-order valence-electron chi connectivity index (χ0n) is 9.86. The highest BCUT2D eigenvalue weighted by atomic mass is 16.6. The number of aliphatic hydroxyl groups excluding tert-OH is 1. The minimum Gasteiger partial charge on any atom is -0.409 e. The number of rotatable bonds is 3. The van der Waals surface area contributed by atoms with Crippen molar-refractivity contribution < 1.29 is 14.9 Å². The first-order chi connectivity index (χ1) is 8.76. The quantitative estimate of drug-likeness (QED) is 0.255. The smallest absolute Gasteiger partial charge is 0.201 e. The summed E-state index contributed by atoms with van der Waals surface area (Å²) in [5.41, 5.74) is 5.81. The fourth-order valence-corrected chi connectivity index (χ4v) is 1.94. The van der Waals surface area contributed by atoms with Crippen molar-refractivity contribution in [1.82, 2.24) is 20.1 Å². The SMILES string of the molecule is Nc1nonc1/C(=N\O)N1CCN(CCO)CC1. The summed E-state index contributed by atoms with van der Waals surface area (Å²) in [6.07, 6.45) is 0. The maximum absolute atomic E-state index is 9.07. The Hall–Kier alpha value is -1.87. The Morgan fingerprint density at radius 3 is 2.56 bits per heavy atom. The van der Waals surface area contributed by atoms with Crippen LogP contribution in [0.25, 0.3) is 0 Å².